The number of ether oxygens (including phenoxy) is 1. The highest BCUT2D eigenvalue weighted by Gasteiger charge is 2.47. The Bertz CT molecular complexity index is 1290. The molecule has 2 aromatic carbocycles. The minimum Gasteiger partial charge on any atom is -0.507 e. The predicted octanol–water partition coefficient (Wildman–Crippen LogP) is 4.92. The SMILES string of the molecule is COc1c(Cl)cc(/C(O)=C2/C(=O)C(=O)N(Cc3ccc(C(=O)O)cc3)C2c2ccco2)cc1Cl. The molecule has 174 valence electrons. The summed E-state index contributed by atoms with van der Waals surface area (Å²) in [5.41, 5.74) is 0.594. The fraction of sp³-hybridized carbons (Fsp3) is 0.125. The summed E-state index contributed by atoms with van der Waals surface area (Å²) in [4.78, 5) is 38.4. The number of amides is 1. The molecule has 1 aromatic heterocycles. The van der Waals surface area contributed by atoms with Crippen LogP contribution in [0.5, 0.6) is 5.75 Å². The fourth-order valence-corrected chi connectivity index (χ4v) is 4.42. The van der Waals surface area contributed by atoms with Crippen LogP contribution in [0, 0.1) is 0 Å². The molecule has 0 spiro atoms. The number of carboxylic acid groups (broad SMARTS) is 1. The Hall–Kier alpha value is -3.75. The van der Waals surface area contributed by atoms with Gasteiger partial charge in [-0.2, -0.15) is 0 Å². The van der Waals surface area contributed by atoms with Crippen molar-refractivity contribution in [1.82, 2.24) is 4.90 Å². The summed E-state index contributed by atoms with van der Waals surface area (Å²) < 4.78 is 10.6. The van der Waals surface area contributed by atoms with Crippen LogP contribution in [0.15, 0.2) is 64.8 Å². The lowest BCUT2D eigenvalue weighted by atomic mass is 9.99. The number of hydrogen-bond acceptors (Lipinski definition) is 6. The van der Waals surface area contributed by atoms with Crippen LogP contribution in [0.1, 0.15) is 33.3 Å². The highest BCUT2D eigenvalue weighted by atomic mass is 35.5. The van der Waals surface area contributed by atoms with Gasteiger partial charge in [-0.3, -0.25) is 9.59 Å². The van der Waals surface area contributed by atoms with Gasteiger partial charge in [0.1, 0.15) is 17.6 Å². The fourth-order valence-electron chi connectivity index (χ4n) is 3.78. The average molecular weight is 502 g/mol. The summed E-state index contributed by atoms with van der Waals surface area (Å²) in [5, 5.41) is 20.4. The van der Waals surface area contributed by atoms with E-state index in [0.717, 1.165) is 0 Å². The number of carbonyl (C=O) groups is 3. The van der Waals surface area contributed by atoms with Crippen LogP contribution in [0.25, 0.3) is 5.76 Å². The number of carbonyl (C=O) groups excluding carboxylic acids is 2. The Kier molecular flexibility index (Phi) is 6.37. The van der Waals surface area contributed by atoms with E-state index in [2.05, 4.69) is 0 Å². The summed E-state index contributed by atoms with van der Waals surface area (Å²) in [5.74, 6) is -2.87. The van der Waals surface area contributed by atoms with Crippen molar-refractivity contribution in [2.24, 2.45) is 0 Å². The van der Waals surface area contributed by atoms with Crippen molar-refractivity contribution >= 4 is 46.6 Å². The van der Waals surface area contributed by atoms with E-state index >= 15 is 0 Å². The molecule has 34 heavy (non-hydrogen) atoms. The average Bonchev–Trinajstić information content (AvgIpc) is 3.41. The van der Waals surface area contributed by atoms with Crippen molar-refractivity contribution in [3.63, 3.8) is 0 Å². The van der Waals surface area contributed by atoms with E-state index in [1.165, 1.54) is 42.5 Å². The van der Waals surface area contributed by atoms with Crippen LogP contribution in [0.2, 0.25) is 10.0 Å². The van der Waals surface area contributed by atoms with Gasteiger partial charge in [0.25, 0.3) is 11.7 Å². The number of hydrogen-bond donors (Lipinski definition) is 2. The highest BCUT2D eigenvalue weighted by Crippen LogP contribution is 2.42. The zero-order chi connectivity index (χ0) is 24.6. The molecule has 0 saturated carbocycles. The van der Waals surface area contributed by atoms with E-state index in [9.17, 15) is 19.5 Å². The summed E-state index contributed by atoms with van der Waals surface area (Å²) in [6.45, 7) is -0.0310. The van der Waals surface area contributed by atoms with E-state index in [1.54, 1.807) is 24.3 Å². The Balaban J connectivity index is 1.81. The van der Waals surface area contributed by atoms with Crippen molar-refractivity contribution in [3.05, 3.63) is 92.9 Å². The van der Waals surface area contributed by atoms with Crippen molar-refractivity contribution in [1.29, 1.82) is 0 Å². The van der Waals surface area contributed by atoms with Gasteiger partial charge < -0.3 is 24.3 Å². The maximum absolute atomic E-state index is 13.0. The number of likely N-dealkylation sites (tertiary alicyclic amines) is 1. The molecular formula is C24H17Cl2NO7. The van der Waals surface area contributed by atoms with Crippen molar-refractivity contribution in [2.45, 2.75) is 12.6 Å². The van der Waals surface area contributed by atoms with Gasteiger partial charge in [0.2, 0.25) is 0 Å². The topological polar surface area (TPSA) is 117 Å². The van der Waals surface area contributed by atoms with Gasteiger partial charge in [-0.1, -0.05) is 35.3 Å². The third-order valence-corrected chi connectivity index (χ3v) is 5.94. The van der Waals surface area contributed by atoms with E-state index < -0.39 is 29.5 Å². The third kappa shape index (κ3) is 4.13. The first-order valence-electron chi connectivity index (χ1n) is 9.90. The lowest BCUT2D eigenvalue weighted by Crippen LogP contribution is -2.29. The van der Waals surface area contributed by atoms with Crippen molar-refractivity contribution in [3.8, 4) is 5.75 Å². The molecule has 1 saturated heterocycles. The molecule has 1 atom stereocenters. The maximum atomic E-state index is 13.0. The van der Waals surface area contributed by atoms with Gasteiger partial charge in [-0.25, -0.2) is 4.79 Å². The Morgan fingerprint density at radius 1 is 1.06 bits per heavy atom. The van der Waals surface area contributed by atoms with Crippen LogP contribution in [0.4, 0.5) is 0 Å². The summed E-state index contributed by atoms with van der Waals surface area (Å²) in [6.07, 6.45) is 1.39. The number of nitrogens with zero attached hydrogens (tertiary/aromatic N) is 1. The molecule has 1 fully saturated rings. The first kappa shape index (κ1) is 23.4. The molecule has 1 aliphatic heterocycles. The molecule has 0 aliphatic carbocycles. The minimum atomic E-state index is -1.08. The zero-order valence-electron chi connectivity index (χ0n) is 17.6. The number of aromatic carboxylic acids is 1. The second-order valence-corrected chi connectivity index (χ2v) is 8.23. The first-order chi connectivity index (χ1) is 16.2. The molecule has 10 heteroatoms. The molecule has 0 bridgehead atoms. The number of Topliss-reactive ketones (excluding diaryl/α,β-unsaturated/α-hetero) is 1. The van der Waals surface area contributed by atoms with Crippen LogP contribution in [-0.4, -0.2) is 39.9 Å². The lowest BCUT2D eigenvalue weighted by Gasteiger charge is -2.23. The highest BCUT2D eigenvalue weighted by molar-refractivity contribution is 6.46. The Morgan fingerprint density at radius 2 is 1.71 bits per heavy atom. The van der Waals surface area contributed by atoms with Crippen molar-refractivity contribution in [2.75, 3.05) is 7.11 Å². The molecule has 1 amide bonds. The quantitative estimate of drug-likeness (QED) is 0.279. The summed E-state index contributed by atoms with van der Waals surface area (Å²) in [6, 6.07) is 10.8. The van der Waals surface area contributed by atoms with Gasteiger partial charge in [0.05, 0.1) is 34.6 Å². The minimum absolute atomic E-state index is 0.0310. The number of ketones is 1. The van der Waals surface area contributed by atoms with E-state index in [-0.39, 0.29) is 44.8 Å². The second kappa shape index (κ2) is 9.24. The molecule has 1 aliphatic rings. The normalized spacial score (nSPS) is 17.3. The van der Waals surface area contributed by atoms with Gasteiger partial charge in [0.15, 0.2) is 5.75 Å². The molecule has 8 nitrogen and oxygen atoms in total. The molecule has 1 unspecified atom stereocenters. The van der Waals surface area contributed by atoms with Crippen LogP contribution in [0.3, 0.4) is 0 Å². The standard InChI is InChI=1S/C24H17Cl2NO7/c1-33-22-15(25)9-14(10-16(22)26)20(28)18-19(17-3-2-8-34-17)27(23(30)21(18)29)11-12-4-6-13(7-5-12)24(31)32/h2-10,19,28H,11H2,1H3,(H,31,32)/b20-18-. The largest absolute Gasteiger partial charge is 0.507 e. The van der Waals surface area contributed by atoms with Crippen LogP contribution >= 0.6 is 23.2 Å². The molecule has 4 rings (SSSR count). The van der Waals surface area contributed by atoms with Crippen LogP contribution < -0.4 is 4.74 Å². The van der Waals surface area contributed by atoms with E-state index in [0.29, 0.717) is 5.56 Å². The number of benzene rings is 2. The number of methoxy groups -OCH3 is 1. The number of halogens is 2. The molecule has 3 aromatic rings. The smallest absolute Gasteiger partial charge is 0.335 e. The summed E-state index contributed by atoms with van der Waals surface area (Å²) in [7, 11) is 1.39. The summed E-state index contributed by atoms with van der Waals surface area (Å²) >= 11 is 12.4. The number of carboxylic acids is 1. The number of rotatable bonds is 6. The molecule has 2 heterocycles. The number of furan rings is 1. The monoisotopic (exact) mass is 501 g/mol. The first-order valence-corrected chi connectivity index (χ1v) is 10.7. The number of aliphatic hydroxyl groups excluding tert-OH is 1. The van der Waals surface area contributed by atoms with E-state index in [1.807, 2.05) is 0 Å². The number of aliphatic hydroxyl groups is 1. The van der Waals surface area contributed by atoms with Crippen molar-refractivity contribution < 1.29 is 33.8 Å². The Labute approximate surface area is 203 Å². The molecule has 0 radical (unpaired) electrons. The van der Waals surface area contributed by atoms with Crippen LogP contribution in [-0.2, 0) is 16.1 Å². The van der Waals surface area contributed by atoms with Gasteiger partial charge in [-0.15, -0.1) is 0 Å². The molecular weight excluding hydrogens is 485 g/mol. The van der Waals surface area contributed by atoms with Gasteiger partial charge in [-0.05, 0) is 42.0 Å². The predicted molar refractivity (Wildman–Crippen MR) is 123 cm³/mol. The molecule has 2 N–H and O–H groups in total. The second-order valence-electron chi connectivity index (χ2n) is 7.42. The zero-order valence-corrected chi connectivity index (χ0v) is 19.1. The van der Waals surface area contributed by atoms with Gasteiger partial charge in [0, 0.05) is 12.1 Å². The van der Waals surface area contributed by atoms with Gasteiger partial charge >= 0.3 is 5.97 Å². The Morgan fingerprint density at radius 3 is 2.24 bits per heavy atom. The van der Waals surface area contributed by atoms with E-state index in [4.69, 9.17) is 37.5 Å². The third-order valence-electron chi connectivity index (χ3n) is 5.38. The lowest BCUT2D eigenvalue weighted by molar-refractivity contribution is -0.140. The maximum Gasteiger partial charge on any atom is 0.335 e.